The Hall–Kier alpha value is -1.79. The first-order valence-corrected chi connectivity index (χ1v) is 6.11. The highest BCUT2D eigenvalue weighted by molar-refractivity contribution is 5.85. The summed E-state index contributed by atoms with van der Waals surface area (Å²) < 4.78 is 4.69. The molecule has 0 saturated carbocycles. The van der Waals surface area contributed by atoms with Crippen molar-refractivity contribution in [2.24, 2.45) is 5.73 Å². The van der Waals surface area contributed by atoms with Gasteiger partial charge in [-0.3, -0.25) is 4.79 Å². The molecule has 1 aromatic rings. The summed E-state index contributed by atoms with van der Waals surface area (Å²) in [6, 6.07) is 7.21. The number of carbonyl (C=O) groups is 2. The van der Waals surface area contributed by atoms with Crippen LogP contribution in [-0.4, -0.2) is 25.2 Å². The van der Waals surface area contributed by atoms with Gasteiger partial charge in [0.15, 0.2) is 0 Å². The van der Waals surface area contributed by atoms with Crippen molar-refractivity contribution in [1.29, 1.82) is 0 Å². The fourth-order valence-electron chi connectivity index (χ4n) is 1.40. The molecule has 1 rings (SSSR count). The van der Waals surface area contributed by atoms with E-state index in [1.807, 2.05) is 24.3 Å². The maximum atomic E-state index is 11.4. The first-order chi connectivity index (χ1) is 9.15. The van der Waals surface area contributed by atoms with Crippen molar-refractivity contribution >= 4 is 24.4 Å². The van der Waals surface area contributed by atoms with Crippen molar-refractivity contribution in [3.05, 3.63) is 35.4 Å². The van der Waals surface area contributed by atoms with Crippen LogP contribution in [0.15, 0.2) is 24.3 Å². The Balaban J connectivity index is 0.00000361. The molecular formula is C13H20ClN3O3. The van der Waals surface area contributed by atoms with E-state index in [1.54, 1.807) is 6.92 Å². The van der Waals surface area contributed by atoms with Crippen LogP contribution in [0, 0.1) is 0 Å². The van der Waals surface area contributed by atoms with Crippen LogP contribution in [0.4, 0.5) is 4.79 Å². The van der Waals surface area contributed by atoms with Gasteiger partial charge in [0, 0.05) is 13.1 Å². The molecule has 0 aliphatic heterocycles. The van der Waals surface area contributed by atoms with Gasteiger partial charge < -0.3 is 21.1 Å². The molecule has 0 unspecified atom stereocenters. The molecule has 0 saturated heterocycles. The Morgan fingerprint density at radius 1 is 1.15 bits per heavy atom. The highest BCUT2D eigenvalue weighted by atomic mass is 35.5. The molecule has 4 N–H and O–H groups in total. The summed E-state index contributed by atoms with van der Waals surface area (Å²) in [6.07, 6.45) is 0. The van der Waals surface area contributed by atoms with Crippen LogP contribution in [0.25, 0.3) is 0 Å². The van der Waals surface area contributed by atoms with Gasteiger partial charge in [0.25, 0.3) is 0 Å². The van der Waals surface area contributed by atoms with Crippen molar-refractivity contribution in [3.8, 4) is 0 Å². The maximum Gasteiger partial charge on any atom is 0.325 e. The number of urea groups is 1. The Labute approximate surface area is 124 Å². The van der Waals surface area contributed by atoms with E-state index in [1.165, 1.54) is 0 Å². The van der Waals surface area contributed by atoms with Crippen LogP contribution in [-0.2, 0) is 22.6 Å². The normalized spacial score (nSPS) is 9.30. The fourth-order valence-corrected chi connectivity index (χ4v) is 1.40. The van der Waals surface area contributed by atoms with Crippen molar-refractivity contribution in [3.63, 3.8) is 0 Å². The zero-order valence-corrected chi connectivity index (χ0v) is 12.2. The van der Waals surface area contributed by atoms with Gasteiger partial charge in [-0.1, -0.05) is 24.3 Å². The predicted molar refractivity (Wildman–Crippen MR) is 78.5 cm³/mol. The van der Waals surface area contributed by atoms with E-state index in [0.717, 1.165) is 11.1 Å². The second kappa shape index (κ2) is 10.1. The first-order valence-electron chi connectivity index (χ1n) is 6.11. The van der Waals surface area contributed by atoms with E-state index >= 15 is 0 Å². The molecule has 0 radical (unpaired) electrons. The molecule has 0 fully saturated rings. The van der Waals surface area contributed by atoms with Crippen LogP contribution in [0.3, 0.4) is 0 Å². The molecule has 1 aromatic carbocycles. The molecule has 6 nitrogen and oxygen atoms in total. The molecule has 0 aliphatic rings. The number of nitrogens with one attached hydrogen (secondary N) is 2. The Morgan fingerprint density at radius 3 is 2.30 bits per heavy atom. The van der Waals surface area contributed by atoms with Crippen molar-refractivity contribution in [1.82, 2.24) is 10.6 Å². The average molecular weight is 302 g/mol. The SMILES string of the molecule is CCOC(=O)CNC(=O)NCc1ccc(CN)cc1.Cl. The Bertz CT molecular complexity index is 423. The largest absolute Gasteiger partial charge is 0.465 e. The van der Waals surface area contributed by atoms with Gasteiger partial charge in [-0.2, -0.15) is 0 Å². The molecule has 112 valence electrons. The third kappa shape index (κ3) is 6.96. The lowest BCUT2D eigenvalue weighted by Gasteiger charge is -2.07. The smallest absolute Gasteiger partial charge is 0.325 e. The minimum atomic E-state index is -0.454. The van der Waals surface area contributed by atoms with Gasteiger partial charge >= 0.3 is 12.0 Å². The van der Waals surface area contributed by atoms with Gasteiger partial charge in [0.2, 0.25) is 0 Å². The number of amides is 2. The van der Waals surface area contributed by atoms with E-state index < -0.39 is 12.0 Å². The lowest BCUT2D eigenvalue weighted by molar-refractivity contribution is -0.141. The maximum absolute atomic E-state index is 11.4. The minimum absolute atomic E-state index is 0. The molecule has 20 heavy (non-hydrogen) atoms. The highest BCUT2D eigenvalue weighted by Crippen LogP contribution is 2.03. The predicted octanol–water partition coefficient (Wildman–Crippen LogP) is 0.929. The van der Waals surface area contributed by atoms with Crippen molar-refractivity contribution < 1.29 is 14.3 Å². The summed E-state index contributed by atoms with van der Waals surface area (Å²) in [5.41, 5.74) is 7.49. The molecule has 0 spiro atoms. The first kappa shape index (κ1) is 18.2. The molecule has 0 aliphatic carbocycles. The minimum Gasteiger partial charge on any atom is -0.465 e. The van der Waals surface area contributed by atoms with Crippen LogP contribution < -0.4 is 16.4 Å². The molecule has 0 aromatic heterocycles. The third-order valence-corrected chi connectivity index (χ3v) is 2.41. The molecule has 0 heterocycles. The number of halogens is 1. The molecular weight excluding hydrogens is 282 g/mol. The number of hydrogen-bond acceptors (Lipinski definition) is 4. The van der Waals surface area contributed by atoms with E-state index in [9.17, 15) is 9.59 Å². The number of rotatable bonds is 6. The summed E-state index contributed by atoms with van der Waals surface area (Å²) in [5, 5.41) is 5.06. The zero-order valence-electron chi connectivity index (χ0n) is 11.3. The highest BCUT2D eigenvalue weighted by Gasteiger charge is 2.05. The number of esters is 1. The number of nitrogens with two attached hydrogens (primary N) is 1. The number of ether oxygens (including phenoxy) is 1. The summed E-state index contributed by atoms with van der Waals surface area (Å²) in [6.45, 7) is 2.76. The Kier molecular flexibility index (Phi) is 9.15. The Morgan fingerprint density at radius 2 is 1.75 bits per heavy atom. The zero-order chi connectivity index (χ0) is 14.1. The van der Waals surface area contributed by atoms with Crippen molar-refractivity contribution in [2.75, 3.05) is 13.2 Å². The quantitative estimate of drug-likeness (QED) is 0.681. The van der Waals surface area contributed by atoms with E-state index in [2.05, 4.69) is 15.4 Å². The lowest BCUT2D eigenvalue weighted by Crippen LogP contribution is -2.38. The molecule has 2 amide bonds. The van der Waals surface area contributed by atoms with Gasteiger partial charge in [-0.25, -0.2) is 4.79 Å². The number of carbonyl (C=O) groups excluding carboxylic acids is 2. The van der Waals surface area contributed by atoms with E-state index in [-0.39, 0.29) is 19.0 Å². The molecule has 0 atom stereocenters. The second-order valence-corrected chi connectivity index (χ2v) is 3.86. The topological polar surface area (TPSA) is 93.4 Å². The van der Waals surface area contributed by atoms with Gasteiger partial charge in [-0.15, -0.1) is 12.4 Å². The van der Waals surface area contributed by atoms with Crippen LogP contribution in [0.1, 0.15) is 18.1 Å². The molecule has 0 bridgehead atoms. The fraction of sp³-hybridized carbons (Fsp3) is 0.385. The second-order valence-electron chi connectivity index (χ2n) is 3.86. The number of benzene rings is 1. The third-order valence-electron chi connectivity index (χ3n) is 2.41. The summed E-state index contributed by atoms with van der Waals surface area (Å²) in [5.74, 6) is -0.454. The van der Waals surface area contributed by atoms with Crippen LogP contribution >= 0.6 is 12.4 Å². The van der Waals surface area contributed by atoms with E-state index in [4.69, 9.17) is 5.73 Å². The summed E-state index contributed by atoms with van der Waals surface area (Å²) in [4.78, 5) is 22.4. The van der Waals surface area contributed by atoms with Gasteiger partial charge in [0.1, 0.15) is 6.54 Å². The van der Waals surface area contributed by atoms with Gasteiger partial charge in [0.05, 0.1) is 6.61 Å². The monoisotopic (exact) mass is 301 g/mol. The lowest BCUT2D eigenvalue weighted by atomic mass is 10.1. The number of hydrogen-bond donors (Lipinski definition) is 3. The standard InChI is InChI=1S/C13H19N3O3.ClH/c1-2-19-12(17)9-16-13(18)15-8-11-5-3-10(7-14)4-6-11;/h3-6H,2,7-9,14H2,1H3,(H2,15,16,18);1H. The van der Waals surface area contributed by atoms with Gasteiger partial charge in [-0.05, 0) is 18.1 Å². The van der Waals surface area contributed by atoms with E-state index in [0.29, 0.717) is 19.7 Å². The van der Waals surface area contributed by atoms with Crippen LogP contribution in [0.2, 0.25) is 0 Å². The van der Waals surface area contributed by atoms with Crippen molar-refractivity contribution in [2.45, 2.75) is 20.0 Å². The summed E-state index contributed by atoms with van der Waals surface area (Å²) in [7, 11) is 0. The summed E-state index contributed by atoms with van der Waals surface area (Å²) >= 11 is 0. The van der Waals surface area contributed by atoms with Crippen LogP contribution in [0.5, 0.6) is 0 Å². The molecule has 7 heteroatoms. The average Bonchev–Trinajstić information content (AvgIpc) is 2.44.